The largest absolute Gasteiger partial charge is 0.487 e. The Labute approximate surface area is 197 Å². The number of benzene rings is 3. The van der Waals surface area contributed by atoms with Gasteiger partial charge in [-0.15, -0.1) is 15.0 Å². The quantitative estimate of drug-likeness (QED) is 0.257. The van der Waals surface area contributed by atoms with E-state index >= 15 is 0 Å². The molecule has 0 radical (unpaired) electrons. The van der Waals surface area contributed by atoms with Crippen LogP contribution in [-0.4, -0.2) is 40.0 Å². The molecule has 0 N–H and O–H groups in total. The van der Waals surface area contributed by atoms with Crippen molar-refractivity contribution >= 4 is 28.9 Å². The number of carbonyl (C=O) groups is 2. The van der Waals surface area contributed by atoms with Gasteiger partial charge in [-0.25, -0.2) is 0 Å². The van der Waals surface area contributed by atoms with Crippen molar-refractivity contribution in [3.8, 4) is 11.4 Å². The number of nitrogens with zero attached hydrogens (tertiary/aromatic N) is 3. The van der Waals surface area contributed by atoms with Crippen LogP contribution in [0, 0.1) is 0 Å². The number of ketones is 1. The van der Waals surface area contributed by atoms with Gasteiger partial charge in [-0.1, -0.05) is 54.6 Å². The molecule has 172 valence electrons. The zero-order valence-electron chi connectivity index (χ0n) is 18.9. The first-order valence-corrected chi connectivity index (χ1v) is 11.0. The predicted octanol–water partition coefficient (Wildman–Crippen LogP) is 4.58. The lowest BCUT2D eigenvalue weighted by atomic mass is 10.1. The van der Waals surface area contributed by atoms with E-state index in [1.54, 1.807) is 4.80 Å². The number of aromatic nitrogens is 3. The molecule has 0 fully saturated rings. The molecule has 0 amide bonds. The lowest BCUT2D eigenvalue weighted by Crippen LogP contribution is -2.11. The molecule has 0 bridgehead atoms. The van der Waals surface area contributed by atoms with Gasteiger partial charge in [-0.05, 0) is 48.4 Å². The fourth-order valence-electron chi connectivity index (χ4n) is 3.39. The molecule has 0 saturated heterocycles. The van der Waals surface area contributed by atoms with E-state index in [1.165, 1.54) is 6.92 Å². The maximum Gasteiger partial charge on any atom is 0.313 e. The maximum atomic E-state index is 11.6. The Balaban J connectivity index is 1.51. The van der Waals surface area contributed by atoms with E-state index in [1.807, 2.05) is 84.9 Å². The molecule has 3 aromatic carbocycles. The van der Waals surface area contributed by atoms with E-state index in [9.17, 15) is 9.59 Å². The first-order chi connectivity index (χ1) is 16.6. The second-order valence-electron chi connectivity index (χ2n) is 7.75. The van der Waals surface area contributed by atoms with Gasteiger partial charge in [-0.2, -0.15) is 0 Å². The van der Waals surface area contributed by atoms with Crippen LogP contribution in [0.1, 0.15) is 24.5 Å². The second kappa shape index (κ2) is 11.0. The van der Waals surface area contributed by atoms with Crippen LogP contribution in [-0.2, 0) is 20.7 Å². The lowest BCUT2D eigenvalue weighted by molar-refractivity contribution is -0.145. The van der Waals surface area contributed by atoms with Crippen molar-refractivity contribution in [2.45, 2.75) is 19.8 Å². The summed E-state index contributed by atoms with van der Waals surface area (Å²) in [6.45, 7) is 1.92. The minimum absolute atomic E-state index is 0.181. The molecule has 0 unspecified atom stereocenters. The van der Waals surface area contributed by atoms with Gasteiger partial charge >= 0.3 is 5.97 Å². The Hall–Kier alpha value is -4.26. The van der Waals surface area contributed by atoms with Gasteiger partial charge in [0.05, 0.1) is 6.61 Å². The van der Waals surface area contributed by atoms with Crippen LogP contribution < -0.4 is 4.74 Å². The van der Waals surface area contributed by atoms with Gasteiger partial charge in [-0.3, -0.25) is 9.59 Å². The smallest absolute Gasteiger partial charge is 0.313 e. The zero-order valence-corrected chi connectivity index (χ0v) is 18.9. The summed E-state index contributed by atoms with van der Waals surface area (Å²) in [5.41, 5.74) is 4.28. The molecule has 1 heterocycles. The summed E-state index contributed by atoms with van der Waals surface area (Å²) in [6.07, 6.45) is 4.24. The van der Waals surface area contributed by atoms with E-state index in [4.69, 9.17) is 9.47 Å². The van der Waals surface area contributed by atoms with Gasteiger partial charge < -0.3 is 9.47 Å². The van der Waals surface area contributed by atoms with Crippen LogP contribution in [0.5, 0.6) is 5.75 Å². The van der Waals surface area contributed by atoms with Crippen molar-refractivity contribution < 1.29 is 19.1 Å². The molecular weight excluding hydrogens is 430 g/mol. The fourth-order valence-corrected chi connectivity index (χ4v) is 3.39. The van der Waals surface area contributed by atoms with Crippen LogP contribution in [0.4, 0.5) is 0 Å². The minimum atomic E-state index is -0.516. The number of carbonyl (C=O) groups excluding carboxylic acids is 2. The Morgan fingerprint density at radius 2 is 1.65 bits per heavy atom. The molecule has 0 saturated carbocycles. The predicted molar refractivity (Wildman–Crippen MR) is 130 cm³/mol. The highest BCUT2D eigenvalue weighted by molar-refractivity contribution is 5.94. The van der Waals surface area contributed by atoms with Crippen LogP contribution in [0.2, 0.25) is 0 Å². The van der Waals surface area contributed by atoms with Crippen molar-refractivity contribution in [1.29, 1.82) is 0 Å². The molecule has 0 aliphatic heterocycles. The molecule has 0 spiro atoms. The van der Waals surface area contributed by atoms with Crippen LogP contribution in [0.15, 0.2) is 78.9 Å². The summed E-state index contributed by atoms with van der Waals surface area (Å²) in [5.74, 6) is -0.0971. The third kappa shape index (κ3) is 6.16. The fraction of sp³-hybridized carbons (Fsp3) is 0.185. The molecular formula is C27H25N3O4. The third-order valence-corrected chi connectivity index (χ3v) is 5.02. The number of fused-ring (bicyclic) bond motifs is 1. The minimum Gasteiger partial charge on any atom is -0.487 e. The normalized spacial score (nSPS) is 11.1. The monoisotopic (exact) mass is 455 g/mol. The summed E-state index contributed by atoms with van der Waals surface area (Å²) in [5, 5.41) is 9.17. The Morgan fingerprint density at radius 3 is 2.35 bits per heavy atom. The van der Waals surface area contributed by atoms with Gasteiger partial charge in [0, 0.05) is 6.42 Å². The lowest BCUT2D eigenvalue weighted by Gasteiger charge is -2.12. The van der Waals surface area contributed by atoms with Crippen molar-refractivity contribution in [2.24, 2.45) is 0 Å². The summed E-state index contributed by atoms with van der Waals surface area (Å²) in [7, 11) is 0. The number of hydrogen-bond donors (Lipinski definition) is 0. The van der Waals surface area contributed by atoms with Gasteiger partial charge in [0.15, 0.2) is 0 Å². The van der Waals surface area contributed by atoms with Crippen molar-refractivity contribution in [1.82, 2.24) is 15.0 Å². The SMILES string of the molecule is CC(=O)CC(=O)OCCc1ccc(OCC=Cc2ccccc2)c(-n2nc3ccccc3n2)c1. The summed E-state index contributed by atoms with van der Waals surface area (Å²) in [4.78, 5) is 24.3. The number of rotatable bonds is 10. The molecule has 1 aromatic heterocycles. The number of esters is 1. The van der Waals surface area contributed by atoms with Crippen LogP contribution in [0.25, 0.3) is 22.8 Å². The molecule has 0 aliphatic carbocycles. The van der Waals surface area contributed by atoms with Crippen molar-refractivity contribution in [3.05, 3.63) is 90.0 Å². The van der Waals surface area contributed by atoms with Crippen LogP contribution in [0.3, 0.4) is 0 Å². The van der Waals surface area contributed by atoms with Gasteiger partial charge in [0.25, 0.3) is 0 Å². The topological polar surface area (TPSA) is 83.3 Å². The van der Waals surface area contributed by atoms with E-state index in [-0.39, 0.29) is 18.8 Å². The van der Waals surface area contributed by atoms with Gasteiger partial charge in [0.2, 0.25) is 0 Å². The van der Waals surface area contributed by atoms with E-state index in [2.05, 4.69) is 10.2 Å². The van der Waals surface area contributed by atoms with Crippen molar-refractivity contribution in [3.63, 3.8) is 0 Å². The highest BCUT2D eigenvalue weighted by atomic mass is 16.5. The Bertz CT molecular complexity index is 1280. The molecule has 4 rings (SSSR count). The van der Waals surface area contributed by atoms with E-state index < -0.39 is 5.97 Å². The van der Waals surface area contributed by atoms with Gasteiger partial charge in [0.1, 0.15) is 41.3 Å². The molecule has 4 aromatic rings. The highest BCUT2D eigenvalue weighted by Crippen LogP contribution is 2.25. The van der Waals surface area contributed by atoms with E-state index in [0.29, 0.717) is 24.5 Å². The maximum absolute atomic E-state index is 11.6. The van der Waals surface area contributed by atoms with E-state index in [0.717, 1.165) is 22.2 Å². The Kier molecular flexibility index (Phi) is 7.45. The average molecular weight is 456 g/mol. The summed E-state index contributed by atoms with van der Waals surface area (Å²) >= 11 is 0. The first kappa shape index (κ1) is 22.9. The summed E-state index contributed by atoms with van der Waals surface area (Å²) in [6, 6.07) is 23.4. The first-order valence-electron chi connectivity index (χ1n) is 11.0. The molecule has 0 atom stereocenters. The zero-order chi connectivity index (χ0) is 23.8. The Morgan fingerprint density at radius 1 is 0.941 bits per heavy atom. The number of hydrogen-bond acceptors (Lipinski definition) is 6. The molecule has 0 aliphatic rings. The molecule has 7 nitrogen and oxygen atoms in total. The van der Waals surface area contributed by atoms with Crippen LogP contribution >= 0.6 is 0 Å². The average Bonchev–Trinajstić information content (AvgIpc) is 3.27. The number of Topliss-reactive ketones (excluding diaryl/α,β-unsaturated/α-hetero) is 1. The third-order valence-electron chi connectivity index (χ3n) is 5.02. The highest BCUT2D eigenvalue weighted by Gasteiger charge is 2.12. The number of ether oxygens (including phenoxy) is 2. The van der Waals surface area contributed by atoms with Crippen molar-refractivity contribution in [2.75, 3.05) is 13.2 Å². The summed E-state index contributed by atoms with van der Waals surface area (Å²) < 4.78 is 11.2. The standard InChI is InChI=1S/C27H25N3O4/c1-20(31)18-27(32)34-17-15-22-13-14-26(33-16-7-10-21-8-3-2-4-9-21)25(19-22)30-28-23-11-5-6-12-24(23)29-30/h2-14,19H,15-18H2,1H3. The second-order valence-corrected chi connectivity index (χ2v) is 7.75. The molecule has 7 heteroatoms. The molecule has 34 heavy (non-hydrogen) atoms.